The Hall–Kier alpha value is -1.02. The lowest BCUT2D eigenvalue weighted by atomic mass is 9.78. The van der Waals surface area contributed by atoms with Gasteiger partial charge in [-0.25, -0.2) is 0 Å². The zero-order chi connectivity index (χ0) is 14.7. The van der Waals surface area contributed by atoms with Gasteiger partial charge in [0.05, 0.1) is 0 Å². The van der Waals surface area contributed by atoms with E-state index in [9.17, 15) is 0 Å². The third kappa shape index (κ3) is 3.35. The number of anilines is 1. The van der Waals surface area contributed by atoms with Crippen LogP contribution in [0.2, 0.25) is 0 Å². The van der Waals surface area contributed by atoms with Gasteiger partial charge < -0.3 is 10.6 Å². The molecule has 1 aliphatic carbocycles. The molecule has 1 saturated carbocycles. The Labute approximate surface area is 124 Å². The van der Waals surface area contributed by atoms with Crippen LogP contribution in [0.4, 0.5) is 5.69 Å². The summed E-state index contributed by atoms with van der Waals surface area (Å²) in [5, 5.41) is 0. The van der Waals surface area contributed by atoms with E-state index < -0.39 is 0 Å². The topological polar surface area (TPSA) is 29.3 Å². The Morgan fingerprint density at radius 1 is 1.30 bits per heavy atom. The highest BCUT2D eigenvalue weighted by Crippen LogP contribution is 2.34. The van der Waals surface area contributed by atoms with Crippen molar-refractivity contribution in [2.45, 2.75) is 52.5 Å². The fourth-order valence-corrected chi connectivity index (χ4v) is 3.88. The molecule has 0 radical (unpaired) electrons. The number of nitrogens with two attached hydrogens (primary N) is 1. The summed E-state index contributed by atoms with van der Waals surface area (Å²) in [4.78, 5) is 2.43. The van der Waals surface area contributed by atoms with Crippen molar-refractivity contribution in [3.05, 3.63) is 29.3 Å². The van der Waals surface area contributed by atoms with Crippen LogP contribution in [-0.2, 0) is 0 Å². The second-order valence-electron chi connectivity index (χ2n) is 6.74. The number of rotatable bonds is 4. The number of aryl methyl sites for hydroxylation is 2. The summed E-state index contributed by atoms with van der Waals surface area (Å²) >= 11 is 0. The van der Waals surface area contributed by atoms with Crippen molar-refractivity contribution in [3.63, 3.8) is 0 Å². The van der Waals surface area contributed by atoms with Crippen molar-refractivity contribution in [3.8, 4) is 0 Å². The van der Waals surface area contributed by atoms with Crippen molar-refractivity contribution in [2.75, 3.05) is 18.5 Å². The first-order chi connectivity index (χ1) is 9.52. The van der Waals surface area contributed by atoms with Gasteiger partial charge in [0.1, 0.15) is 0 Å². The molecule has 1 aliphatic rings. The van der Waals surface area contributed by atoms with Gasteiger partial charge in [-0.1, -0.05) is 37.5 Å². The highest BCUT2D eigenvalue weighted by Gasteiger charge is 2.29. The molecule has 3 atom stereocenters. The third-order valence-electron chi connectivity index (χ3n) is 4.99. The Kier molecular flexibility index (Phi) is 5.09. The first-order valence-corrected chi connectivity index (χ1v) is 8.03. The van der Waals surface area contributed by atoms with Crippen LogP contribution in [0.15, 0.2) is 18.2 Å². The van der Waals surface area contributed by atoms with Crippen LogP contribution in [0.3, 0.4) is 0 Å². The lowest BCUT2D eigenvalue weighted by molar-refractivity contribution is 0.245. The molecule has 2 N–H and O–H groups in total. The molecule has 1 aromatic rings. The van der Waals surface area contributed by atoms with Crippen molar-refractivity contribution in [1.82, 2.24) is 0 Å². The molecule has 0 amide bonds. The highest BCUT2D eigenvalue weighted by atomic mass is 15.1. The molecule has 2 nitrogen and oxygen atoms in total. The van der Waals surface area contributed by atoms with Crippen molar-refractivity contribution >= 4 is 5.69 Å². The molecule has 112 valence electrons. The van der Waals surface area contributed by atoms with Gasteiger partial charge in [0.2, 0.25) is 0 Å². The van der Waals surface area contributed by atoms with Gasteiger partial charge in [0.25, 0.3) is 0 Å². The van der Waals surface area contributed by atoms with Gasteiger partial charge in [-0.15, -0.1) is 0 Å². The van der Waals surface area contributed by atoms with E-state index in [1.165, 1.54) is 42.5 Å². The largest absolute Gasteiger partial charge is 0.370 e. The number of hydrogen-bond acceptors (Lipinski definition) is 2. The van der Waals surface area contributed by atoms with E-state index in [-0.39, 0.29) is 0 Å². The Bertz CT molecular complexity index is 441. The minimum atomic E-state index is 0.471. The first-order valence-electron chi connectivity index (χ1n) is 8.03. The van der Waals surface area contributed by atoms with Gasteiger partial charge in [0.15, 0.2) is 0 Å². The monoisotopic (exact) mass is 274 g/mol. The van der Waals surface area contributed by atoms with Crippen LogP contribution >= 0.6 is 0 Å². The van der Waals surface area contributed by atoms with Crippen LogP contribution in [0.5, 0.6) is 0 Å². The van der Waals surface area contributed by atoms with E-state index in [0.717, 1.165) is 18.4 Å². The van der Waals surface area contributed by atoms with Gasteiger partial charge in [-0.2, -0.15) is 0 Å². The third-order valence-corrected chi connectivity index (χ3v) is 4.99. The molecule has 2 heteroatoms. The molecule has 2 rings (SSSR count). The van der Waals surface area contributed by atoms with E-state index in [4.69, 9.17) is 5.73 Å². The number of likely N-dealkylation sites (N-methyl/N-ethyl adjacent to an activating group) is 1. The second-order valence-corrected chi connectivity index (χ2v) is 6.74. The van der Waals surface area contributed by atoms with Gasteiger partial charge in [0, 0.05) is 25.3 Å². The maximum Gasteiger partial charge on any atom is 0.0437 e. The zero-order valence-corrected chi connectivity index (χ0v) is 13.5. The van der Waals surface area contributed by atoms with Crippen molar-refractivity contribution in [1.29, 1.82) is 0 Å². The average molecular weight is 274 g/mol. The van der Waals surface area contributed by atoms with E-state index >= 15 is 0 Å². The van der Waals surface area contributed by atoms with Crippen LogP contribution in [0, 0.1) is 25.7 Å². The first kappa shape index (κ1) is 15.4. The Morgan fingerprint density at radius 3 is 2.65 bits per heavy atom. The fraction of sp³-hybridized carbons (Fsp3) is 0.667. The van der Waals surface area contributed by atoms with Gasteiger partial charge in [-0.3, -0.25) is 0 Å². The SMILES string of the molecule is Cc1ccc(N(C)C(CN)C2CCCC(C)C2)c(C)c1. The smallest absolute Gasteiger partial charge is 0.0437 e. The van der Waals surface area contributed by atoms with E-state index in [2.05, 4.69) is 50.9 Å². The van der Waals surface area contributed by atoms with Crippen LogP contribution in [-0.4, -0.2) is 19.6 Å². The average Bonchev–Trinajstić information content (AvgIpc) is 2.39. The summed E-state index contributed by atoms with van der Waals surface area (Å²) in [6.07, 6.45) is 5.42. The standard InChI is InChI=1S/C18H30N2/c1-13-6-5-7-16(11-13)18(12-19)20(4)17-9-8-14(2)10-15(17)3/h8-10,13,16,18H,5-7,11-12,19H2,1-4H3. The molecule has 0 spiro atoms. The fourth-order valence-electron chi connectivity index (χ4n) is 3.88. The predicted molar refractivity (Wildman–Crippen MR) is 88.3 cm³/mol. The lowest BCUT2D eigenvalue weighted by Gasteiger charge is -2.39. The molecule has 0 saturated heterocycles. The van der Waals surface area contributed by atoms with E-state index in [1.54, 1.807) is 0 Å². The normalized spacial score (nSPS) is 24.4. The van der Waals surface area contributed by atoms with Crippen LogP contribution < -0.4 is 10.6 Å². The summed E-state index contributed by atoms with van der Waals surface area (Å²) in [7, 11) is 2.22. The van der Waals surface area contributed by atoms with Gasteiger partial charge >= 0.3 is 0 Å². The van der Waals surface area contributed by atoms with Crippen LogP contribution in [0.1, 0.15) is 43.7 Å². The molecule has 1 fully saturated rings. The predicted octanol–water partition coefficient (Wildman–Crippen LogP) is 3.89. The van der Waals surface area contributed by atoms with Crippen molar-refractivity contribution in [2.24, 2.45) is 17.6 Å². The number of hydrogen-bond donors (Lipinski definition) is 1. The molecular formula is C18H30N2. The quantitative estimate of drug-likeness (QED) is 0.902. The highest BCUT2D eigenvalue weighted by molar-refractivity contribution is 5.54. The Morgan fingerprint density at radius 2 is 2.05 bits per heavy atom. The van der Waals surface area contributed by atoms with Crippen molar-refractivity contribution < 1.29 is 0 Å². The molecule has 0 heterocycles. The number of nitrogens with zero attached hydrogens (tertiary/aromatic N) is 1. The summed E-state index contributed by atoms with van der Waals surface area (Å²) in [5.41, 5.74) is 10.1. The summed E-state index contributed by atoms with van der Waals surface area (Å²) in [6.45, 7) is 7.49. The zero-order valence-electron chi connectivity index (χ0n) is 13.5. The molecular weight excluding hydrogens is 244 g/mol. The molecule has 0 bridgehead atoms. The number of benzene rings is 1. The second kappa shape index (κ2) is 6.62. The van der Waals surface area contributed by atoms with Gasteiger partial charge in [-0.05, 0) is 50.2 Å². The molecule has 0 aliphatic heterocycles. The maximum absolute atomic E-state index is 6.13. The summed E-state index contributed by atoms with van der Waals surface area (Å²) in [6, 6.07) is 7.19. The minimum Gasteiger partial charge on any atom is -0.370 e. The lowest BCUT2D eigenvalue weighted by Crippen LogP contribution is -2.45. The van der Waals surface area contributed by atoms with Crippen LogP contribution in [0.25, 0.3) is 0 Å². The van der Waals surface area contributed by atoms with E-state index in [0.29, 0.717) is 6.04 Å². The Balaban J connectivity index is 2.17. The minimum absolute atomic E-state index is 0.471. The maximum atomic E-state index is 6.13. The molecule has 0 aromatic heterocycles. The molecule has 20 heavy (non-hydrogen) atoms. The van der Waals surface area contributed by atoms with E-state index in [1.807, 2.05) is 0 Å². The summed E-state index contributed by atoms with van der Waals surface area (Å²) < 4.78 is 0. The molecule has 1 aromatic carbocycles. The summed E-state index contributed by atoms with van der Waals surface area (Å²) in [5.74, 6) is 1.60. The molecule has 3 unspecified atom stereocenters.